The van der Waals surface area contributed by atoms with Crippen molar-refractivity contribution in [3.8, 4) is 5.75 Å². The van der Waals surface area contributed by atoms with Crippen LogP contribution in [-0.2, 0) is 14.3 Å². The summed E-state index contributed by atoms with van der Waals surface area (Å²) in [4.78, 5) is 28.8. The van der Waals surface area contributed by atoms with Crippen LogP contribution in [0, 0.1) is 6.92 Å². The van der Waals surface area contributed by atoms with E-state index in [1.54, 1.807) is 12.3 Å². The Morgan fingerprint density at radius 1 is 1.22 bits per heavy atom. The van der Waals surface area contributed by atoms with Crippen molar-refractivity contribution in [2.75, 3.05) is 26.3 Å². The fourth-order valence-corrected chi connectivity index (χ4v) is 4.30. The Balaban J connectivity index is 1.28. The van der Waals surface area contributed by atoms with Crippen molar-refractivity contribution in [3.05, 3.63) is 24.0 Å². The number of rotatable bonds is 4. The van der Waals surface area contributed by atoms with Crippen LogP contribution in [0.1, 0.15) is 18.5 Å². The van der Waals surface area contributed by atoms with Crippen molar-refractivity contribution in [2.24, 2.45) is 0 Å². The zero-order chi connectivity index (χ0) is 22.9. The van der Waals surface area contributed by atoms with Crippen LogP contribution in [-0.4, -0.2) is 84.7 Å². The van der Waals surface area contributed by atoms with Crippen LogP contribution in [0.15, 0.2) is 18.3 Å². The predicted octanol–water partition coefficient (Wildman–Crippen LogP) is 1.16. The Bertz CT molecular complexity index is 855. The fraction of sp³-hybridized carbons (Fsp3) is 0.650. The van der Waals surface area contributed by atoms with Crippen LogP contribution < -0.4 is 15.4 Å². The van der Waals surface area contributed by atoms with Gasteiger partial charge in [-0.05, 0) is 31.9 Å². The summed E-state index contributed by atoms with van der Waals surface area (Å²) in [6.07, 6.45) is -3.51. The van der Waals surface area contributed by atoms with Crippen LogP contribution in [0.3, 0.4) is 0 Å². The van der Waals surface area contributed by atoms with Gasteiger partial charge in [-0.3, -0.25) is 9.78 Å². The first kappa shape index (κ1) is 22.6. The third-order valence-corrected chi connectivity index (χ3v) is 5.85. The number of piperidine rings is 1. The van der Waals surface area contributed by atoms with E-state index in [4.69, 9.17) is 14.2 Å². The number of amides is 3. The summed E-state index contributed by atoms with van der Waals surface area (Å²) >= 11 is 0. The highest BCUT2D eigenvalue weighted by atomic mass is 19.4. The van der Waals surface area contributed by atoms with Crippen LogP contribution >= 0.6 is 0 Å². The van der Waals surface area contributed by atoms with Crippen LogP contribution in [0.5, 0.6) is 5.75 Å². The quantitative estimate of drug-likeness (QED) is 0.702. The number of fused-ring (bicyclic) bond motifs is 1. The van der Waals surface area contributed by atoms with E-state index in [1.807, 2.05) is 13.0 Å². The Morgan fingerprint density at radius 3 is 2.75 bits per heavy atom. The zero-order valence-electron chi connectivity index (χ0n) is 17.4. The van der Waals surface area contributed by atoms with E-state index in [-0.39, 0.29) is 31.9 Å². The molecule has 12 heteroatoms. The number of nitrogens with zero attached hydrogens (tertiary/aromatic N) is 2. The third kappa shape index (κ3) is 4.90. The lowest BCUT2D eigenvalue weighted by atomic mass is 10.1. The van der Waals surface area contributed by atoms with Gasteiger partial charge in [-0.15, -0.1) is 0 Å². The first-order valence-electron chi connectivity index (χ1n) is 10.5. The molecule has 0 aliphatic carbocycles. The van der Waals surface area contributed by atoms with Crippen molar-refractivity contribution in [1.29, 1.82) is 0 Å². The number of alkyl halides is 3. The second kappa shape index (κ2) is 9.10. The minimum Gasteiger partial charge on any atom is -0.483 e. The molecule has 3 fully saturated rings. The average Bonchev–Trinajstić information content (AvgIpc) is 3.32. The zero-order valence-corrected chi connectivity index (χ0v) is 17.4. The number of pyridine rings is 1. The van der Waals surface area contributed by atoms with Crippen LogP contribution in [0.4, 0.5) is 18.0 Å². The van der Waals surface area contributed by atoms with Gasteiger partial charge in [0.25, 0.3) is 0 Å². The summed E-state index contributed by atoms with van der Waals surface area (Å²) in [6.45, 7) is 2.18. The molecule has 0 radical (unpaired) electrons. The topological polar surface area (TPSA) is 102 Å². The first-order chi connectivity index (χ1) is 15.2. The number of hydrogen-bond donors (Lipinski definition) is 2. The molecule has 1 aromatic heterocycles. The van der Waals surface area contributed by atoms with Crippen LogP contribution in [0.25, 0.3) is 0 Å². The fourth-order valence-electron chi connectivity index (χ4n) is 4.30. The average molecular weight is 458 g/mol. The number of aryl methyl sites for hydroxylation is 1. The van der Waals surface area contributed by atoms with Gasteiger partial charge < -0.3 is 29.7 Å². The molecule has 9 nitrogen and oxygen atoms in total. The van der Waals surface area contributed by atoms with E-state index in [2.05, 4.69) is 15.6 Å². The highest BCUT2D eigenvalue weighted by molar-refractivity contribution is 5.82. The van der Waals surface area contributed by atoms with E-state index >= 15 is 0 Å². The molecule has 0 bridgehead atoms. The smallest absolute Gasteiger partial charge is 0.471 e. The van der Waals surface area contributed by atoms with Gasteiger partial charge in [0.15, 0.2) is 6.10 Å². The minimum absolute atomic E-state index is 0.0179. The molecule has 3 amide bonds. The summed E-state index contributed by atoms with van der Waals surface area (Å²) in [6, 6.07) is 2.04. The largest absolute Gasteiger partial charge is 0.483 e. The number of ether oxygens (including phenoxy) is 3. The van der Waals surface area contributed by atoms with E-state index in [9.17, 15) is 22.8 Å². The third-order valence-electron chi connectivity index (χ3n) is 5.85. The number of halogens is 3. The molecule has 0 spiro atoms. The van der Waals surface area contributed by atoms with Crippen molar-refractivity contribution in [1.82, 2.24) is 20.5 Å². The lowest BCUT2D eigenvalue weighted by molar-refractivity contribution is -0.186. The van der Waals surface area contributed by atoms with Gasteiger partial charge in [-0.1, -0.05) is 0 Å². The Hall–Kier alpha value is -2.60. The summed E-state index contributed by atoms with van der Waals surface area (Å²) in [5.74, 6) is -1.25. The highest BCUT2D eigenvalue weighted by Crippen LogP contribution is 2.30. The van der Waals surface area contributed by atoms with Gasteiger partial charge in [0, 0.05) is 25.3 Å². The molecule has 4 rings (SSSR count). The number of likely N-dealkylation sites (tertiary alicyclic amines) is 1. The molecule has 4 heterocycles. The molecule has 2 N–H and O–H groups in total. The number of nitrogens with one attached hydrogen (secondary N) is 2. The van der Waals surface area contributed by atoms with E-state index < -0.39 is 36.3 Å². The van der Waals surface area contributed by atoms with Gasteiger partial charge in [0.05, 0.1) is 24.9 Å². The summed E-state index contributed by atoms with van der Waals surface area (Å²) in [5.41, 5.74) is 0.744. The van der Waals surface area contributed by atoms with Gasteiger partial charge in [0.2, 0.25) is 0 Å². The number of carbonyl (C=O) groups is 2. The van der Waals surface area contributed by atoms with Crippen molar-refractivity contribution in [2.45, 2.75) is 56.3 Å². The molecule has 3 saturated heterocycles. The molecule has 5 atom stereocenters. The molecular formula is C20H25F3N4O5. The Kier molecular flexibility index (Phi) is 6.42. The molecule has 1 unspecified atom stereocenters. The SMILES string of the molecule is Cc1ncccc1O[C@H]1CO[C@H]2[C@@H]1OC[C@@H]2NC(=O)NC1CCCN(C(=O)C(F)(F)F)C1. The summed E-state index contributed by atoms with van der Waals surface area (Å²) < 4.78 is 55.6. The molecule has 176 valence electrons. The molecule has 3 aliphatic rings. The summed E-state index contributed by atoms with van der Waals surface area (Å²) in [5, 5.41) is 5.43. The van der Waals surface area contributed by atoms with Crippen molar-refractivity contribution >= 4 is 11.9 Å². The minimum atomic E-state index is -4.92. The Labute approximate surface area is 182 Å². The maximum absolute atomic E-state index is 12.7. The van der Waals surface area contributed by atoms with Gasteiger partial charge >= 0.3 is 18.1 Å². The Morgan fingerprint density at radius 2 is 2.00 bits per heavy atom. The van der Waals surface area contributed by atoms with Crippen molar-refractivity contribution in [3.63, 3.8) is 0 Å². The molecule has 0 saturated carbocycles. The normalized spacial score (nSPS) is 30.0. The maximum atomic E-state index is 12.7. The predicted molar refractivity (Wildman–Crippen MR) is 104 cm³/mol. The molecular weight excluding hydrogens is 433 g/mol. The standard InChI is InChI=1S/C20H25F3N4O5/c1-11-14(5-2-6-24-11)32-15-10-31-16-13(9-30-17(15)16)26-19(29)25-12-4-3-7-27(8-12)18(28)20(21,22)23/h2,5-6,12-13,15-17H,3-4,7-10H2,1H3,(H2,25,26,29)/t12?,13-,15-,16+,17+/m0/s1. The van der Waals surface area contributed by atoms with Crippen LogP contribution in [0.2, 0.25) is 0 Å². The van der Waals surface area contributed by atoms with Gasteiger partial charge in [0.1, 0.15) is 18.0 Å². The van der Waals surface area contributed by atoms with Gasteiger partial charge in [-0.2, -0.15) is 13.2 Å². The second-order valence-electron chi connectivity index (χ2n) is 8.15. The number of carbonyl (C=O) groups excluding carboxylic acids is 2. The lowest BCUT2D eigenvalue weighted by Gasteiger charge is -2.33. The van der Waals surface area contributed by atoms with E-state index in [0.29, 0.717) is 25.2 Å². The molecule has 32 heavy (non-hydrogen) atoms. The van der Waals surface area contributed by atoms with Gasteiger partial charge in [-0.25, -0.2) is 4.79 Å². The van der Waals surface area contributed by atoms with Crippen molar-refractivity contribution < 1.29 is 37.0 Å². The van der Waals surface area contributed by atoms with E-state index in [1.165, 1.54) is 0 Å². The molecule has 1 aromatic rings. The molecule has 0 aromatic carbocycles. The molecule has 3 aliphatic heterocycles. The lowest BCUT2D eigenvalue weighted by Crippen LogP contribution is -2.56. The number of urea groups is 1. The maximum Gasteiger partial charge on any atom is 0.471 e. The summed E-state index contributed by atoms with van der Waals surface area (Å²) in [7, 11) is 0. The first-order valence-corrected chi connectivity index (χ1v) is 10.5. The second-order valence-corrected chi connectivity index (χ2v) is 8.15. The highest BCUT2D eigenvalue weighted by Gasteiger charge is 2.50. The monoisotopic (exact) mass is 458 g/mol. The van der Waals surface area contributed by atoms with E-state index in [0.717, 1.165) is 10.6 Å². The number of aromatic nitrogens is 1. The number of hydrogen-bond acceptors (Lipinski definition) is 6.